The van der Waals surface area contributed by atoms with Gasteiger partial charge in [0.05, 0.1) is 5.69 Å². The molecular weight excluding hydrogens is 473 g/mol. The molecule has 0 atom stereocenters. The van der Waals surface area contributed by atoms with Crippen molar-refractivity contribution < 1.29 is 14.6 Å². The SMILES string of the molecule is CCCCc1nc(O)c(Sc2ccc(-c3ccc(F)nc3C)cc2)c(O)c1N(CC)c1ccccc1. The Morgan fingerprint density at radius 2 is 1.64 bits per heavy atom. The molecule has 4 aromatic rings. The fourth-order valence-corrected chi connectivity index (χ4v) is 5.05. The molecule has 0 aliphatic carbocycles. The van der Waals surface area contributed by atoms with Crippen molar-refractivity contribution in [3.63, 3.8) is 0 Å². The minimum Gasteiger partial charge on any atom is -0.504 e. The second kappa shape index (κ2) is 11.4. The zero-order valence-corrected chi connectivity index (χ0v) is 21.5. The van der Waals surface area contributed by atoms with Gasteiger partial charge in [0.2, 0.25) is 11.8 Å². The molecule has 2 aromatic heterocycles. The van der Waals surface area contributed by atoms with Crippen molar-refractivity contribution >= 4 is 23.1 Å². The number of anilines is 2. The third-order valence-corrected chi connectivity index (χ3v) is 7.10. The predicted octanol–water partition coefficient (Wildman–Crippen LogP) is 7.65. The molecule has 0 unspecified atom stereocenters. The highest BCUT2D eigenvalue weighted by atomic mass is 32.2. The van der Waals surface area contributed by atoms with Gasteiger partial charge in [-0.15, -0.1) is 0 Å². The van der Waals surface area contributed by atoms with Gasteiger partial charge in [-0.25, -0.2) is 9.97 Å². The molecule has 0 amide bonds. The van der Waals surface area contributed by atoms with Crippen LogP contribution in [0.4, 0.5) is 15.8 Å². The lowest BCUT2D eigenvalue weighted by molar-refractivity contribution is 0.409. The minimum atomic E-state index is -0.503. The molecule has 5 nitrogen and oxygen atoms in total. The molecule has 186 valence electrons. The Morgan fingerprint density at radius 1 is 0.917 bits per heavy atom. The molecule has 0 fully saturated rings. The topological polar surface area (TPSA) is 69.5 Å². The molecule has 7 heteroatoms. The van der Waals surface area contributed by atoms with Crippen molar-refractivity contribution in [1.82, 2.24) is 9.97 Å². The molecule has 0 spiro atoms. The van der Waals surface area contributed by atoms with E-state index in [1.54, 1.807) is 13.0 Å². The first-order chi connectivity index (χ1) is 17.4. The van der Waals surface area contributed by atoms with Crippen LogP contribution in [0, 0.1) is 12.9 Å². The first-order valence-electron chi connectivity index (χ1n) is 12.1. The van der Waals surface area contributed by atoms with Gasteiger partial charge in [0.25, 0.3) is 0 Å². The van der Waals surface area contributed by atoms with Gasteiger partial charge in [-0.05, 0) is 68.7 Å². The first kappa shape index (κ1) is 25.5. The summed E-state index contributed by atoms with van der Waals surface area (Å²) in [6.45, 7) is 6.54. The average molecular weight is 504 g/mol. The zero-order chi connectivity index (χ0) is 25.7. The van der Waals surface area contributed by atoms with Gasteiger partial charge in [0.15, 0.2) is 5.75 Å². The van der Waals surface area contributed by atoms with Gasteiger partial charge in [0.1, 0.15) is 10.6 Å². The first-order valence-corrected chi connectivity index (χ1v) is 12.9. The fourth-order valence-electron chi connectivity index (χ4n) is 4.21. The molecule has 0 aliphatic rings. The van der Waals surface area contributed by atoms with Gasteiger partial charge < -0.3 is 15.1 Å². The Morgan fingerprint density at radius 3 is 2.28 bits per heavy atom. The highest BCUT2D eigenvalue weighted by Gasteiger charge is 2.24. The van der Waals surface area contributed by atoms with Gasteiger partial charge >= 0.3 is 0 Å². The number of aromatic hydroxyl groups is 2. The standard InChI is InChI=1S/C29H30FN3O2S/c1-4-6-12-24-26(33(5-2)21-10-8-7-9-11-21)27(34)28(29(35)32-24)36-22-15-13-20(14-16-22)23-17-18-25(30)31-19(23)3/h7-11,13-18H,4-6,12H2,1-3H3,(H2,32,34,35). The molecule has 0 saturated heterocycles. The number of hydrogen-bond donors (Lipinski definition) is 2. The van der Waals surface area contributed by atoms with Crippen LogP contribution in [0.1, 0.15) is 38.1 Å². The molecule has 0 aliphatic heterocycles. The van der Waals surface area contributed by atoms with Crippen LogP contribution >= 0.6 is 11.8 Å². The summed E-state index contributed by atoms with van der Waals surface area (Å²) in [5.41, 5.74) is 4.63. The van der Waals surface area contributed by atoms with Crippen LogP contribution in [-0.4, -0.2) is 26.7 Å². The molecule has 0 saturated carbocycles. The van der Waals surface area contributed by atoms with Crippen molar-refractivity contribution in [2.45, 2.75) is 49.8 Å². The second-order valence-corrected chi connectivity index (χ2v) is 9.57. The van der Waals surface area contributed by atoms with Crippen LogP contribution in [0.25, 0.3) is 11.1 Å². The van der Waals surface area contributed by atoms with Crippen LogP contribution in [0.2, 0.25) is 0 Å². The predicted molar refractivity (Wildman–Crippen MR) is 144 cm³/mol. The maximum atomic E-state index is 13.4. The highest BCUT2D eigenvalue weighted by Crippen LogP contribution is 2.48. The van der Waals surface area contributed by atoms with Gasteiger partial charge in [-0.1, -0.05) is 55.4 Å². The Balaban J connectivity index is 1.72. The van der Waals surface area contributed by atoms with Crippen LogP contribution in [0.15, 0.2) is 76.5 Å². The summed E-state index contributed by atoms with van der Waals surface area (Å²) >= 11 is 1.26. The van der Waals surface area contributed by atoms with Crippen molar-refractivity contribution in [3.8, 4) is 22.8 Å². The number of aromatic nitrogens is 2. The Bertz CT molecular complexity index is 1330. The van der Waals surface area contributed by atoms with E-state index >= 15 is 0 Å². The third-order valence-electron chi connectivity index (χ3n) is 6.01. The molecule has 2 aromatic carbocycles. The Kier molecular flexibility index (Phi) is 8.10. The lowest BCUT2D eigenvalue weighted by Crippen LogP contribution is -2.19. The highest BCUT2D eigenvalue weighted by molar-refractivity contribution is 7.99. The number of nitrogens with zero attached hydrogens (tertiary/aromatic N) is 3. The summed E-state index contributed by atoms with van der Waals surface area (Å²) < 4.78 is 13.4. The van der Waals surface area contributed by atoms with Crippen LogP contribution < -0.4 is 4.90 Å². The molecule has 0 radical (unpaired) electrons. The van der Waals surface area contributed by atoms with E-state index < -0.39 is 5.95 Å². The minimum absolute atomic E-state index is 0.0203. The molecule has 4 rings (SSSR count). The van der Waals surface area contributed by atoms with E-state index in [4.69, 9.17) is 0 Å². The van der Waals surface area contributed by atoms with E-state index in [9.17, 15) is 14.6 Å². The maximum Gasteiger partial charge on any atom is 0.229 e. The van der Waals surface area contributed by atoms with Gasteiger partial charge in [-0.3, -0.25) is 0 Å². The average Bonchev–Trinajstić information content (AvgIpc) is 2.88. The Hall–Kier alpha value is -3.58. The lowest BCUT2D eigenvalue weighted by atomic mass is 10.1. The zero-order valence-electron chi connectivity index (χ0n) is 20.7. The smallest absolute Gasteiger partial charge is 0.229 e. The number of benzene rings is 2. The number of halogens is 1. The second-order valence-electron chi connectivity index (χ2n) is 8.49. The van der Waals surface area contributed by atoms with E-state index in [0.29, 0.717) is 34.9 Å². The largest absolute Gasteiger partial charge is 0.504 e. The summed E-state index contributed by atoms with van der Waals surface area (Å²) in [5.74, 6) is -0.664. The number of unbranched alkanes of at least 4 members (excludes halogenated alkanes) is 1. The summed E-state index contributed by atoms with van der Waals surface area (Å²) in [6.07, 6.45) is 2.53. The number of hydrogen-bond acceptors (Lipinski definition) is 6. The Labute approximate surface area is 215 Å². The van der Waals surface area contributed by atoms with Crippen LogP contribution in [-0.2, 0) is 6.42 Å². The van der Waals surface area contributed by atoms with E-state index in [1.807, 2.05) is 66.4 Å². The normalized spacial score (nSPS) is 11.0. The van der Waals surface area contributed by atoms with Crippen molar-refractivity contribution in [2.75, 3.05) is 11.4 Å². The summed E-state index contributed by atoms with van der Waals surface area (Å²) in [5, 5.41) is 22.3. The molecule has 0 bridgehead atoms. The van der Waals surface area contributed by atoms with Crippen LogP contribution in [0.5, 0.6) is 11.6 Å². The number of pyridine rings is 2. The number of rotatable bonds is 9. The summed E-state index contributed by atoms with van der Waals surface area (Å²) in [7, 11) is 0. The monoisotopic (exact) mass is 503 g/mol. The fraction of sp³-hybridized carbons (Fsp3) is 0.241. The van der Waals surface area contributed by atoms with Crippen molar-refractivity contribution in [3.05, 3.63) is 84.1 Å². The van der Waals surface area contributed by atoms with Gasteiger partial charge in [-0.2, -0.15) is 4.39 Å². The summed E-state index contributed by atoms with van der Waals surface area (Å²) in [6, 6.07) is 20.6. The molecule has 36 heavy (non-hydrogen) atoms. The number of para-hydroxylation sites is 1. The van der Waals surface area contributed by atoms with E-state index in [0.717, 1.165) is 34.6 Å². The van der Waals surface area contributed by atoms with Crippen molar-refractivity contribution in [1.29, 1.82) is 0 Å². The number of aryl methyl sites for hydroxylation is 2. The molecule has 2 heterocycles. The molecule has 2 N–H and O–H groups in total. The maximum absolute atomic E-state index is 13.4. The van der Waals surface area contributed by atoms with E-state index in [1.165, 1.54) is 17.8 Å². The van der Waals surface area contributed by atoms with E-state index in [-0.39, 0.29) is 11.6 Å². The molecular formula is C29H30FN3O2S. The van der Waals surface area contributed by atoms with Gasteiger partial charge in [0, 0.05) is 28.4 Å². The lowest BCUT2D eigenvalue weighted by Gasteiger charge is -2.27. The summed E-state index contributed by atoms with van der Waals surface area (Å²) in [4.78, 5) is 11.6. The van der Waals surface area contributed by atoms with Crippen molar-refractivity contribution in [2.24, 2.45) is 0 Å². The van der Waals surface area contributed by atoms with E-state index in [2.05, 4.69) is 16.9 Å². The third kappa shape index (κ3) is 5.46. The van der Waals surface area contributed by atoms with Crippen LogP contribution in [0.3, 0.4) is 0 Å². The quantitative estimate of drug-likeness (QED) is 0.229.